The van der Waals surface area contributed by atoms with Gasteiger partial charge in [0.25, 0.3) is 0 Å². The first kappa shape index (κ1) is 12.1. The van der Waals surface area contributed by atoms with Gasteiger partial charge in [-0.3, -0.25) is 4.57 Å². The lowest BCUT2D eigenvalue weighted by Gasteiger charge is -2.15. The topological polar surface area (TPSA) is 110 Å². The third-order valence-corrected chi connectivity index (χ3v) is 3.32. The van der Waals surface area contributed by atoms with E-state index in [9.17, 15) is 14.8 Å². The van der Waals surface area contributed by atoms with E-state index in [1.807, 2.05) is 0 Å². The number of hydrogen-bond acceptors (Lipinski definition) is 4. The zero-order valence-electron chi connectivity index (χ0n) is 7.87. The zero-order chi connectivity index (χ0) is 10.9. The van der Waals surface area contributed by atoms with Crippen LogP contribution in [0.25, 0.3) is 0 Å². The molecule has 0 unspecified atom stereocenters. The maximum Gasteiger partial charge on any atom is 0.325 e. The van der Waals surface area contributed by atoms with Gasteiger partial charge >= 0.3 is 7.60 Å². The predicted octanol–water partition coefficient (Wildman–Crippen LogP) is -1.36. The van der Waals surface area contributed by atoms with Crippen LogP contribution in [0.4, 0.5) is 0 Å². The van der Waals surface area contributed by atoms with Crippen LogP contribution in [0.3, 0.4) is 0 Å². The summed E-state index contributed by atoms with van der Waals surface area (Å²) in [4.78, 5) is 17.3. The van der Waals surface area contributed by atoms with Crippen LogP contribution in [0.2, 0.25) is 0 Å². The van der Waals surface area contributed by atoms with Gasteiger partial charge in [-0.05, 0) is 13.3 Å². The number of aliphatic hydroxyl groups excluding tert-OH is 2. The molecule has 0 aromatic heterocycles. The Morgan fingerprint density at radius 2 is 1.86 bits per heavy atom. The van der Waals surface area contributed by atoms with Crippen molar-refractivity contribution < 1.29 is 24.6 Å². The van der Waals surface area contributed by atoms with Crippen molar-refractivity contribution in [2.75, 3.05) is 6.16 Å². The summed E-state index contributed by atoms with van der Waals surface area (Å²) in [5, 5.41) is 21.7. The number of aliphatic hydroxyl groups is 2. The monoisotopic (exact) mass is 225 g/mol. The molecule has 0 aromatic rings. The minimum Gasteiger partial charge on any atom is -0.389 e. The van der Waals surface area contributed by atoms with Crippen LogP contribution in [0, 0.1) is 0 Å². The summed E-state index contributed by atoms with van der Waals surface area (Å²) in [5.41, 5.74) is 0. The average molecular weight is 225 g/mol. The molecule has 0 saturated carbocycles. The molecule has 0 aliphatic carbocycles. The summed E-state index contributed by atoms with van der Waals surface area (Å²) < 4.78 is 10.6. The molecule has 6 nitrogen and oxygen atoms in total. The van der Waals surface area contributed by atoms with E-state index < -0.39 is 25.8 Å². The van der Waals surface area contributed by atoms with Gasteiger partial charge in [0.2, 0.25) is 0 Å². The SMILES string of the molecule is C[C@@H]1N[C@H](CCP(=O)(O)O)[C@@H](O)[C@@H]1O. The molecule has 4 atom stereocenters. The fraction of sp³-hybridized carbons (Fsp3) is 1.00. The van der Waals surface area contributed by atoms with E-state index in [4.69, 9.17) is 9.79 Å². The van der Waals surface area contributed by atoms with Gasteiger partial charge in [0.05, 0.1) is 18.4 Å². The molecule has 84 valence electrons. The second kappa shape index (κ2) is 4.26. The first-order chi connectivity index (χ1) is 6.31. The summed E-state index contributed by atoms with van der Waals surface area (Å²) >= 11 is 0. The van der Waals surface area contributed by atoms with Crippen molar-refractivity contribution in [3.05, 3.63) is 0 Å². The second-order valence-electron chi connectivity index (χ2n) is 3.72. The van der Waals surface area contributed by atoms with Crippen molar-refractivity contribution in [2.24, 2.45) is 0 Å². The Morgan fingerprint density at radius 1 is 1.29 bits per heavy atom. The van der Waals surface area contributed by atoms with Gasteiger partial charge < -0.3 is 25.3 Å². The predicted molar refractivity (Wildman–Crippen MR) is 49.9 cm³/mol. The van der Waals surface area contributed by atoms with E-state index in [0.29, 0.717) is 0 Å². The van der Waals surface area contributed by atoms with Gasteiger partial charge in [0.1, 0.15) is 0 Å². The molecule has 0 spiro atoms. The normalized spacial score (nSPS) is 38.9. The molecule has 1 rings (SSSR count). The minimum absolute atomic E-state index is 0.160. The van der Waals surface area contributed by atoms with Gasteiger partial charge in [-0.1, -0.05) is 0 Å². The van der Waals surface area contributed by atoms with Gasteiger partial charge in [-0.15, -0.1) is 0 Å². The van der Waals surface area contributed by atoms with Crippen LogP contribution < -0.4 is 5.32 Å². The van der Waals surface area contributed by atoms with Crippen molar-refractivity contribution in [3.63, 3.8) is 0 Å². The van der Waals surface area contributed by atoms with E-state index in [-0.39, 0.29) is 18.6 Å². The van der Waals surface area contributed by atoms with Crippen LogP contribution in [0.5, 0.6) is 0 Å². The lowest BCUT2D eigenvalue weighted by Crippen LogP contribution is -2.33. The number of hydrogen-bond donors (Lipinski definition) is 5. The Balaban J connectivity index is 2.44. The fourth-order valence-corrected chi connectivity index (χ4v) is 2.24. The quantitative estimate of drug-likeness (QED) is 0.379. The standard InChI is InChI=1S/C7H16NO5P/c1-4-6(9)7(10)5(8-4)2-3-14(11,12)13/h4-10H,2-3H2,1H3,(H2,11,12,13)/t4-,5+,6+,7+/m0/s1. The summed E-state index contributed by atoms with van der Waals surface area (Å²) in [6.07, 6.45) is -1.93. The zero-order valence-corrected chi connectivity index (χ0v) is 8.76. The summed E-state index contributed by atoms with van der Waals surface area (Å²) in [7, 11) is -4.02. The van der Waals surface area contributed by atoms with Crippen LogP contribution in [-0.2, 0) is 4.57 Å². The highest BCUT2D eigenvalue weighted by Crippen LogP contribution is 2.36. The van der Waals surface area contributed by atoms with E-state index >= 15 is 0 Å². The molecule has 7 heteroatoms. The van der Waals surface area contributed by atoms with Gasteiger partial charge in [0.15, 0.2) is 0 Å². The first-order valence-electron chi connectivity index (χ1n) is 4.48. The molecule has 0 bridgehead atoms. The lowest BCUT2D eigenvalue weighted by atomic mass is 10.1. The molecule has 0 aromatic carbocycles. The lowest BCUT2D eigenvalue weighted by molar-refractivity contribution is 0.0298. The van der Waals surface area contributed by atoms with Crippen molar-refractivity contribution in [3.8, 4) is 0 Å². The molecule has 1 fully saturated rings. The van der Waals surface area contributed by atoms with E-state index in [0.717, 1.165) is 0 Å². The van der Waals surface area contributed by atoms with Crippen LogP contribution in [0.1, 0.15) is 13.3 Å². The van der Waals surface area contributed by atoms with Gasteiger partial charge in [-0.2, -0.15) is 0 Å². The molecule has 5 N–H and O–H groups in total. The maximum atomic E-state index is 10.6. The molecule has 0 radical (unpaired) electrons. The summed E-state index contributed by atoms with van der Waals surface area (Å²) in [5.74, 6) is 0. The highest BCUT2D eigenvalue weighted by molar-refractivity contribution is 7.51. The largest absolute Gasteiger partial charge is 0.389 e. The van der Waals surface area contributed by atoms with Crippen molar-refractivity contribution in [2.45, 2.75) is 37.6 Å². The highest BCUT2D eigenvalue weighted by atomic mass is 31.2. The van der Waals surface area contributed by atoms with Crippen LogP contribution in [0.15, 0.2) is 0 Å². The molecule has 1 heterocycles. The molecule has 1 saturated heterocycles. The summed E-state index contributed by atoms with van der Waals surface area (Å²) in [6, 6.07) is -0.681. The minimum atomic E-state index is -4.02. The average Bonchev–Trinajstić information content (AvgIpc) is 2.28. The van der Waals surface area contributed by atoms with Gasteiger partial charge in [0, 0.05) is 12.1 Å². The Bertz CT molecular complexity index is 242. The van der Waals surface area contributed by atoms with Crippen LogP contribution in [-0.4, -0.2) is 50.5 Å². The van der Waals surface area contributed by atoms with Crippen molar-refractivity contribution in [1.29, 1.82) is 0 Å². The fourth-order valence-electron chi connectivity index (χ4n) is 1.63. The Hall–Kier alpha value is 0.0300. The maximum absolute atomic E-state index is 10.6. The molecule has 1 aliphatic heterocycles. The van der Waals surface area contributed by atoms with E-state index in [1.54, 1.807) is 6.92 Å². The molecular formula is C7H16NO5P. The van der Waals surface area contributed by atoms with E-state index in [2.05, 4.69) is 5.32 Å². The second-order valence-corrected chi connectivity index (χ2v) is 5.50. The smallest absolute Gasteiger partial charge is 0.325 e. The Kier molecular flexibility index (Phi) is 3.69. The Labute approximate surface area is 82.1 Å². The summed E-state index contributed by atoms with van der Waals surface area (Å²) in [6.45, 7) is 1.71. The third kappa shape index (κ3) is 3.02. The Morgan fingerprint density at radius 3 is 2.21 bits per heavy atom. The number of rotatable bonds is 3. The molecule has 14 heavy (non-hydrogen) atoms. The van der Waals surface area contributed by atoms with Crippen LogP contribution >= 0.6 is 7.60 Å². The van der Waals surface area contributed by atoms with Gasteiger partial charge in [-0.25, -0.2) is 0 Å². The van der Waals surface area contributed by atoms with Crippen molar-refractivity contribution >= 4 is 7.60 Å². The molecule has 0 amide bonds. The third-order valence-electron chi connectivity index (χ3n) is 2.48. The van der Waals surface area contributed by atoms with E-state index in [1.165, 1.54) is 0 Å². The molecule has 1 aliphatic rings. The highest BCUT2D eigenvalue weighted by Gasteiger charge is 2.38. The first-order valence-corrected chi connectivity index (χ1v) is 6.28. The van der Waals surface area contributed by atoms with Crippen molar-refractivity contribution in [1.82, 2.24) is 5.32 Å². The molecular weight excluding hydrogens is 209 g/mol. The number of nitrogens with one attached hydrogen (secondary N) is 1.